The van der Waals surface area contributed by atoms with Gasteiger partial charge < -0.3 is 20.1 Å². The van der Waals surface area contributed by atoms with E-state index in [9.17, 15) is 9.59 Å². The number of methoxy groups -OCH3 is 2. The van der Waals surface area contributed by atoms with Gasteiger partial charge in [-0.25, -0.2) is 9.97 Å². The highest BCUT2D eigenvalue weighted by molar-refractivity contribution is 6.04. The van der Waals surface area contributed by atoms with Crippen molar-refractivity contribution in [3.8, 4) is 11.5 Å². The van der Waals surface area contributed by atoms with Gasteiger partial charge in [-0.05, 0) is 43.3 Å². The summed E-state index contributed by atoms with van der Waals surface area (Å²) in [4.78, 5) is 32.1. The van der Waals surface area contributed by atoms with Crippen LogP contribution in [0.5, 0.6) is 11.5 Å². The first-order valence-corrected chi connectivity index (χ1v) is 8.73. The second kappa shape index (κ2) is 8.83. The molecule has 8 nitrogen and oxygen atoms in total. The van der Waals surface area contributed by atoms with Crippen molar-refractivity contribution in [2.45, 2.75) is 6.92 Å². The predicted molar refractivity (Wildman–Crippen MR) is 109 cm³/mol. The van der Waals surface area contributed by atoms with Gasteiger partial charge in [0.05, 0.1) is 19.8 Å². The third kappa shape index (κ3) is 4.86. The molecule has 0 bridgehead atoms. The highest BCUT2D eigenvalue weighted by Gasteiger charge is 2.11. The second-order valence-electron chi connectivity index (χ2n) is 6.08. The second-order valence-corrected chi connectivity index (χ2v) is 6.08. The highest BCUT2D eigenvalue weighted by atomic mass is 16.5. The normalized spacial score (nSPS) is 10.2. The van der Waals surface area contributed by atoms with E-state index in [1.54, 1.807) is 49.6 Å². The summed E-state index contributed by atoms with van der Waals surface area (Å²) < 4.78 is 10.4. The number of nitrogens with one attached hydrogen (secondary N) is 2. The van der Waals surface area contributed by atoms with Crippen LogP contribution in [0.15, 0.2) is 54.9 Å². The molecule has 0 aliphatic rings. The van der Waals surface area contributed by atoms with Gasteiger partial charge in [-0.15, -0.1) is 0 Å². The molecule has 0 spiro atoms. The molecule has 29 heavy (non-hydrogen) atoms. The molecule has 2 aromatic carbocycles. The molecule has 0 saturated heterocycles. The van der Waals surface area contributed by atoms with E-state index in [-0.39, 0.29) is 11.7 Å². The summed E-state index contributed by atoms with van der Waals surface area (Å²) in [5.41, 5.74) is 2.22. The molecule has 0 atom stereocenters. The minimum atomic E-state index is -0.352. The van der Waals surface area contributed by atoms with Gasteiger partial charge in [-0.2, -0.15) is 0 Å². The zero-order valence-electron chi connectivity index (χ0n) is 16.2. The summed E-state index contributed by atoms with van der Waals surface area (Å²) in [6.45, 7) is 1.51. The number of benzene rings is 2. The number of amides is 1. The van der Waals surface area contributed by atoms with Gasteiger partial charge in [-0.1, -0.05) is 0 Å². The van der Waals surface area contributed by atoms with Gasteiger partial charge in [0.15, 0.2) is 17.3 Å². The molecule has 1 amide bonds. The molecule has 1 aromatic heterocycles. The first-order chi connectivity index (χ1) is 14.0. The van der Waals surface area contributed by atoms with Gasteiger partial charge in [0, 0.05) is 35.4 Å². The number of aromatic nitrogens is 2. The summed E-state index contributed by atoms with van der Waals surface area (Å²) in [5, 5.41) is 5.78. The molecule has 148 valence electrons. The average molecular weight is 392 g/mol. The van der Waals surface area contributed by atoms with E-state index in [4.69, 9.17) is 9.47 Å². The average Bonchev–Trinajstić information content (AvgIpc) is 2.74. The summed E-state index contributed by atoms with van der Waals surface area (Å²) in [6.07, 6.45) is 2.85. The van der Waals surface area contributed by atoms with Gasteiger partial charge in [-0.3, -0.25) is 9.59 Å². The van der Waals surface area contributed by atoms with Crippen molar-refractivity contribution in [3.63, 3.8) is 0 Å². The van der Waals surface area contributed by atoms with E-state index in [1.165, 1.54) is 26.4 Å². The molecule has 0 fully saturated rings. The highest BCUT2D eigenvalue weighted by Crippen LogP contribution is 2.29. The fourth-order valence-electron chi connectivity index (χ4n) is 2.54. The Labute approximate surface area is 167 Å². The number of ketones is 1. The van der Waals surface area contributed by atoms with Crippen molar-refractivity contribution in [3.05, 3.63) is 66.0 Å². The lowest BCUT2D eigenvalue weighted by atomic mass is 10.1. The van der Waals surface area contributed by atoms with Gasteiger partial charge >= 0.3 is 0 Å². The number of anilines is 3. The lowest BCUT2D eigenvalue weighted by Gasteiger charge is -2.10. The molecule has 1 heterocycles. The maximum atomic E-state index is 12.4. The number of hydrogen-bond acceptors (Lipinski definition) is 7. The Balaban J connectivity index is 1.66. The molecule has 0 saturated carbocycles. The van der Waals surface area contributed by atoms with Crippen LogP contribution in [0, 0.1) is 0 Å². The van der Waals surface area contributed by atoms with Crippen LogP contribution < -0.4 is 20.1 Å². The van der Waals surface area contributed by atoms with Gasteiger partial charge in [0.25, 0.3) is 5.91 Å². The summed E-state index contributed by atoms with van der Waals surface area (Å²) >= 11 is 0. The monoisotopic (exact) mass is 392 g/mol. The standard InChI is InChI=1S/C21H20N4O4/c1-13(26)14-4-6-16(7-5-14)25-21-22-11-15(12-23-21)20(27)24-17-8-9-18(28-2)19(10-17)29-3/h4-12H,1-3H3,(H,24,27)(H,22,23,25). The Kier molecular flexibility index (Phi) is 6.03. The topological polar surface area (TPSA) is 102 Å². The van der Waals surface area contributed by atoms with Crippen molar-refractivity contribution in [1.29, 1.82) is 0 Å². The van der Waals surface area contributed by atoms with Crippen LogP contribution in [-0.2, 0) is 0 Å². The Hall–Kier alpha value is -3.94. The van der Waals surface area contributed by atoms with Crippen LogP contribution in [0.3, 0.4) is 0 Å². The van der Waals surface area contributed by atoms with Gasteiger partial charge in [0.2, 0.25) is 5.95 Å². The van der Waals surface area contributed by atoms with E-state index in [2.05, 4.69) is 20.6 Å². The smallest absolute Gasteiger partial charge is 0.258 e. The lowest BCUT2D eigenvalue weighted by Crippen LogP contribution is -2.13. The van der Waals surface area contributed by atoms with Crippen molar-refractivity contribution in [1.82, 2.24) is 9.97 Å². The number of rotatable bonds is 7. The van der Waals surface area contributed by atoms with Crippen LogP contribution >= 0.6 is 0 Å². The Morgan fingerprint density at radius 1 is 0.828 bits per heavy atom. The third-order valence-corrected chi connectivity index (χ3v) is 4.10. The number of carbonyl (C=O) groups excluding carboxylic acids is 2. The molecular weight excluding hydrogens is 372 g/mol. The predicted octanol–water partition coefficient (Wildman–Crippen LogP) is 3.69. The van der Waals surface area contributed by atoms with E-state index in [1.807, 2.05) is 0 Å². The minimum absolute atomic E-state index is 0.00218. The van der Waals surface area contributed by atoms with E-state index in [0.717, 1.165) is 5.69 Å². The van der Waals surface area contributed by atoms with E-state index in [0.29, 0.717) is 34.3 Å². The van der Waals surface area contributed by atoms with Crippen LogP contribution in [0.1, 0.15) is 27.6 Å². The molecule has 3 aromatic rings. The molecule has 2 N–H and O–H groups in total. The fraction of sp³-hybridized carbons (Fsp3) is 0.143. The Bertz CT molecular complexity index is 1020. The number of carbonyl (C=O) groups is 2. The molecule has 0 aliphatic heterocycles. The Morgan fingerprint density at radius 3 is 2.03 bits per heavy atom. The number of nitrogens with zero attached hydrogens (tertiary/aromatic N) is 2. The zero-order valence-corrected chi connectivity index (χ0v) is 16.2. The quantitative estimate of drug-likeness (QED) is 0.591. The van der Waals surface area contributed by atoms with Crippen LogP contribution in [-0.4, -0.2) is 35.9 Å². The van der Waals surface area contributed by atoms with Crippen molar-refractivity contribution >= 4 is 29.0 Å². The van der Waals surface area contributed by atoms with Crippen molar-refractivity contribution < 1.29 is 19.1 Å². The SMILES string of the molecule is COc1ccc(NC(=O)c2cnc(Nc3ccc(C(C)=O)cc3)nc2)cc1OC. The Morgan fingerprint density at radius 2 is 1.45 bits per heavy atom. The largest absolute Gasteiger partial charge is 0.493 e. The minimum Gasteiger partial charge on any atom is -0.493 e. The lowest BCUT2D eigenvalue weighted by molar-refractivity contribution is 0.101. The van der Waals surface area contributed by atoms with Gasteiger partial charge in [0.1, 0.15) is 0 Å². The molecule has 0 unspecified atom stereocenters. The molecular formula is C21H20N4O4. The maximum absolute atomic E-state index is 12.4. The first-order valence-electron chi connectivity index (χ1n) is 8.73. The van der Waals surface area contributed by atoms with Crippen LogP contribution in [0.25, 0.3) is 0 Å². The first kappa shape index (κ1) is 19.8. The number of hydrogen-bond donors (Lipinski definition) is 2. The summed E-state index contributed by atoms with van der Waals surface area (Å²) in [7, 11) is 3.07. The maximum Gasteiger partial charge on any atom is 0.258 e. The van der Waals surface area contributed by atoms with Crippen molar-refractivity contribution in [2.24, 2.45) is 0 Å². The number of ether oxygens (including phenoxy) is 2. The summed E-state index contributed by atoms with van der Waals surface area (Å²) in [6, 6.07) is 12.0. The van der Waals surface area contributed by atoms with E-state index < -0.39 is 0 Å². The van der Waals surface area contributed by atoms with Crippen LogP contribution in [0.4, 0.5) is 17.3 Å². The third-order valence-electron chi connectivity index (χ3n) is 4.10. The number of Topliss-reactive ketones (excluding diaryl/α,β-unsaturated/α-hetero) is 1. The van der Waals surface area contributed by atoms with Crippen LogP contribution in [0.2, 0.25) is 0 Å². The molecule has 8 heteroatoms. The zero-order chi connectivity index (χ0) is 20.8. The molecule has 3 rings (SSSR count). The van der Waals surface area contributed by atoms with E-state index >= 15 is 0 Å². The summed E-state index contributed by atoms with van der Waals surface area (Å²) in [5.74, 6) is 1.06. The fourth-order valence-corrected chi connectivity index (χ4v) is 2.54. The molecule has 0 radical (unpaired) electrons. The molecule has 0 aliphatic carbocycles. The van der Waals surface area contributed by atoms with Crippen molar-refractivity contribution in [2.75, 3.05) is 24.9 Å².